The first-order valence-electron chi connectivity index (χ1n) is 10.2. The summed E-state index contributed by atoms with van der Waals surface area (Å²) in [6, 6.07) is 5.83. The Morgan fingerprint density at radius 2 is 1.94 bits per heavy atom. The number of halogens is 4. The number of anilines is 1. The number of alkyl halides is 3. The second-order valence-corrected chi connectivity index (χ2v) is 8.66. The van der Waals surface area contributed by atoms with Gasteiger partial charge in [-0.25, -0.2) is 14.4 Å². The average molecular weight is 447 g/mol. The van der Waals surface area contributed by atoms with Crippen molar-refractivity contribution in [2.45, 2.75) is 49.4 Å². The molecule has 5 rings (SSSR count). The summed E-state index contributed by atoms with van der Waals surface area (Å²) in [6.45, 7) is 1.72. The fourth-order valence-corrected chi connectivity index (χ4v) is 4.99. The van der Waals surface area contributed by atoms with E-state index in [1.165, 1.54) is 19.4 Å². The van der Waals surface area contributed by atoms with E-state index in [0.29, 0.717) is 40.8 Å². The highest BCUT2D eigenvalue weighted by Gasteiger charge is 2.68. The number of aryl methyl sites for hydroxylation is 1. The molecule has 0 bridgehead atoms. The number of nitrogens with zero attached hydrogens (tertiary/aromatic N) is 2. The van der Waals surface area contributed by atoms with Crippen molar-refractivity contribution in [3.05, 3.63) is 59.3 Å². The van der Waals surface area contributed by atoms with Crippen molar-refractivity contribution >= 4 is 16.6 Å². The summed E-state index contributed by atoms with van der Waals surface area (Å²) >= 11 is 0. The molecule has 0 amide bonds. The molecule has 1 heterocycles. The van der Waals surface area contributed by atoms with Crippen LogP contribution in [0, 0.1) is 12.7 Å². The van der Waals surface area contributed by atoms with E-state index in [1.54, 1.807) is 25.1 Å². The highest BCUT2D eigenvalue weighted by atomic mass is 19.4. The Hall–Kier alpha value is -2.94. The topological polar surface area (TPSA) is 67.3 Å². The van der Waals surface area contributed by atoms with Crippen molar-refractivity contribution in [3.63, 3.8) is 0 Å². The van der Waals surface area contributed by atoms with Gasteiger partial charge in [-0.1, -0.05) is 12.1 Å². The molecule has 1 aromatic heterocycles. The summed E-state index contributed by atoms with van der Waals surface area (Å²) < 4.78 is 62.9. The lowest BCUT2D eigenvalue weighted by molar-refractivity contribution is -0.274. The van der Waals surface area contributed by atoms with Gasteiger partial charge in [0.25, 0.3) is 0 Å². The second kappa shape index (κ2) is 6.78. The predicted octanol–water partition coefficient (Wildman–Crippen LogP) is 4.97. The molecule has 1 fully saturated rings. The average Bonchev–Trinajstić information content (AvgIpc) is 3.49. The van der Waals surface area contributed by atoms with Crippen molar-refractivity contribution in [1.29, 1.82) is 0 Å². The summed E-state index contributed by atoms with van der Waals surface area (Å²) in [4.78, 5) is 8.48. The van der Waals surface area contributed by atoms with Gasteiger partial charge >= 0.3 is 6.18 Å². The third-order valence-electron chi connectivity index (χ3n) is 6.66. The van der Waals surface area contributed by atoms with Crippen molar-refractivity contribution in [3.8, 4) is 5.75 Å². The van der Waals surface area contributed by atoms with Gasteiger partial charge < -0.3 is 15.2 Å². The number of hydrogen-bond acceptors (Lipinski definition) is 5. The number of hydrogen-bond donors (Lipinski definition) is 2. The third-order valence-corrected chi connectivity index (χ3v) is 6.66. The largest absolute Gasteiger partial charge is 0.493 e. The highest BCUT2D eigenvalue weighted by Crippen LogP contribution is 2.65. The number of fused-ring (bicyclic) bond motifs is 3. The van der Waals surface area contributed by atoms with Crippen molar-refractivity contribution in [1.82, 2.24) is 9.97 Å². The molecule has 1 spiro atoms. The smallest absolute Gasteiger partial charge is 0.419 e. The molecule has 5 nitrogen and oxygen atoms in total. The maximum absolute atomic E-state index is 14.5. The van der Waals surface area contributed by atoms with Crippen LogP contribution in [0.25, 0.3) is 10.9 Å². The van der Waals surface area contributed by atoms with Crippen molar-refractivity contribution in [2.75, 3.05) is 12.4 Å². The number of ether oxygens (including phenoxy) is 1. The highest BCUT2D eigenvalue weighted by molar-refractivity contribution is 5.91. The van der Waals surface area contributed by atoms with Gasteiger partial charge in [0.1, 0.15) is 5.82 Å². The van der Waals surface area contributed by atoms with Crippen LogP contribution in [0.5, 0.6) is 5.75 Å². The van der Waals surface area contributed by atoms with E-state index >= 15 is 0 Å². The fourth-order valence-electron chi connectivity index (χ4n) is 4.99. The fraction of sp³-hybridized carbons (Fsp3) is 0.391. The minimum Gasteiger partial charge on any atom is -0.493 e. The summed E-state index contributed by atoms with van der Waals surface area (Å²) in [7, 11) is 1.30. The molecule has 168 valence electrons. The Labute approximate surface area is 181 Å². The molecular formula is C23H21F4N3O2. The summed E-state index contributed by atoms with van der Waals surface area (Å²) in [5.74, 6) is -0.170. The first kappa shape index (κ1) is 20.9. The number of rotatable bonds is 3. The van der Waals surface area contributed by atoms with E-state index in [4.69, 9.17) is 4.74 Å². The first-order chi connectivity index (χ1) is 15.1. The lowest BCUT2D eigenvalue weighted by atomic mass is 9.68. The molecule has 2 atom stereocenters. The number of nitrogens with one attached hydrogen (secondary N) is 1. The molecule has 9 heteroatoms. The van der Waals surface area contributed by atoms with Crippen molar-refractivity contribution in [2.24, 2.45) is 0 Å². The minimum atomic E-state index is -4.92. The quantitative estimate of drug-likeness (QED) is 0.555. The number of methoxy groups -OCH3 is 1. The normalized spacial score (nSPS) is 23.8. The third kappa shape index (κ3) is 2.94. The molecule has 32 heavy (non-hydrogen) atoms. The molecule has 0 radical (unpaired) electrons. The van der Waals surface area contributed by atoms with Crippen LogP contribution in [0.15, 0.2) is 36.5 Å². The Bertz CT molecular complexity index is 1230. The van der Waals surface area contributed by atoms with Crippen LogP contribution in [0.3, 0.4) is 0 Å². The standard InChI is InChI=1S/C23H21F4N3O2/c1-12-28-10-14-16(29-12)4-3-5-17(14)30-20-13-6-7-15(24)19(32-2)18(13)21(8-9-21)11-22(20,31)23(25,26)27/h3-7,10,20,30-31H,8-9,11H2,1-2H3. The maximum atomic E-state index is 14.5. The van der Waals surface area contributed by atoms with Crippen LogP contribution in [0.1, 0.15) is 42.3 Å². The zero-order valence-corrected chi connectivity index (χ0v) is 17.4. The van der Waals surface area contributed by atoms with E-state index in [2.05, 4.69) is 15.3 Å². The summed E-state index contributed by atoms with van der Waals surface area (Å²) in [5, 5.41) is 14.6. The van der Waals surface area contributed by atoms with Crippen LogP contribution < -0.4 is 10.1 Å². The summed E-state index contributed by atoms with van der Waals surface area (Å²) in [5.41, 5.74) is -2.55. The molecule has 0 aliphatic heterocycles. The molecule has 2 unspecified atom stereocenters. The molecule has 2 aliphatic rings. The molecule has 3 aromatic rings. The zero-order chi connectivity index (χ0) is 22.9. The van der Waals surface area contributed by atoms with E-state index in [0.717, 1.165) is 6.07 Å². The lowest BCUT2D eigenvalue weighted by Crippen LogP contribution is -2.57. The Morgan fingerprint density at radius 1 is 1.19 bits per heavy atom. The number of aromatic nitrogens is 2. The van der Waals surface area contributed by atoms with Gasteiger partial charge in [-0.2, -0.15) is 13.2 Å². The van der Waals surface area contributed by atoms with Gasteiger partial charge in [-0.05, 0) is 49.9 Å². The Morgan fingerprint density at radius 3 is 2.59 bits per heavy atom. The van der Waals surface area contributed by atoms with Gasteiger partial charge in [0, 0.05) is 28.2 Å². The molecule has 0 saturated heterocycles. The zero-order valence-electron chi connectivity index (χ0n) is 17.4. The SMILES string of the molecule is COc1c(F)ccc2c1C1(CC1)CC(O)(C(F)(F)F)C2Nc1cccc2nc(C)ncc12. The van der Waals surface area contributed by atoms with Crippen molar-refractivity contribution < 1.29 is 27.4 Å². The van der Waals surface area contributed by atoms with Gasteiger partial charge in [0.15, 0.2) is 17.2 Å². The van der Waals surface area contributed by atoms with Crippen LogP contribution >= 0.6 is 0 Å². The van der Waals surface area contributed by atoms with Crippen LogP contribution in [-0.2, 0) is 5.41 Å². The molecule has 2 aromatic carbocycles. The van der Waals surface area contributed by atoms with Crippen LogP contribution in [0.4, 0.5) is 23.2 Å². The van der Waals surface area contributed by atoms with Gasteiger partial charge in [0.05, 0.1) is 18.7 Å². The number of aliphatic hydroxyl groups is 1. The van der Waals surface area contributed by atoms with Gasteiger partial charge in [-0.3, -0.25) is 0 Å². The second-order valence-electron chi connectivity index (χ2n) is 8.66. The molecule has 2 aliphatic carbocycles. The van der Waals surface area contributed by atoms with E-state index in [-0.39, 0.29) is 11.3 Å². The number of benzene rings is 2. The van der Waals surface area contributed by atoms with Gasteiger partial charge in [0.2, 0.25) is 0 Å². The molecular weight excluding hydrogens is 426 g/mol. The van der Waals surface area contributed by atoms with Crippen LogP contribution in [0.2, 0.25) is 0 Å². The van der Waals surface area contributed by atoms with Gasteiger partial charge in [-0.15, -0.1) is 0 Å². The van der Waals surface area contributed by atoms with E-state index < -0.39 is 35.5 Å². The molecule has 2 N–H and O–H groups in total. The Balaban J connectivity index is 1.73. The van der Waals surface area contributed by atoms with E-state index in [1.807, 2.05) is 0 Å². The maximum Gasteiger partial charge on any atom is 0.419 e. The van der Waals surface area contributed by atoms with Crippen LogP contribution in [-0.4, -0.2) is 34.0 Å². The predicted molar refractivity (Wildman–Crippen MR) is 110 cm³/mol. The minimum absolute atomic E-state index is 0.0621. The lowest BCUT2D eigenvalue weighted by Gasteiger charge is -2.46. The Kier molecular flexibility index (Phi) is 4.43. The van der Waals surface area contributed by atoms with E-state index in [9.17, 15) is 22.7 Å². The molecule has 1 saturated carbocycles. The summed E-state index contributed by atoms with van der Waals surface area (Å²) in [6.07, 6.45) is -3.12. The first-order valence-corrected chi connectivity index (χ1v) is 10.2. The monoisotopic (exact) mass is 447 g/mol.